The molecule has 0 aromatic carbocycles. The zero-order chi connectivity index (χ0) is 19.2. The minimum Gasteiger partial charge on any atom is -0.444 e. The summed E-state index contributed by atoms with van der Waals surface area (Å²) in [4.78, 5) is 29.8. The van der Waals surface area contributed by atoms with E-state index in [4.69, 9.17) is 4.74 Å². The van der Waals surface area contributed by atoms with Crippen LogP contribution in [0.25, 0.3) is 0 Å². The summed E-state index contributed by atoms with van der Waals surface area (Å²) in [5.74, 6) is -1.63. The zero-order valence-corrected chi connectivity index (χ0v) is 14.8. The van der Waals surface area contributed by atoms with Crippen LogP contribution in [0.1, 0.15) is 39.2 Å². The SMILES string of the molecule is CC(=O)N(C)c1nc(C(F)(F)F)n2c1CN(C(=O)OC(C)(C)C)CC2. The molecule has 0 N–H and O–H groups in total. The van der Waals surface area contributed by atoms with Crippen LogP contribution in [0.15, 0.2) is 0 Å². The van der Waals surface area contributed by atoms with E-state index in [1.807, 2.05) is 0 Å². The standard InChI is InChI=1S/C15H21F3N4O3/c1-9(23)20(5)11-10-8-21(13(24)25-14(2,3)4)6-7-22(10)12(19-11)15(16,17)18/h6-8H2,1-5H3. The molecule has 0 saturated heterocycles. The Morgan fingerprint density at radius 2 is 1.80 bits per heavy atom. The van der Waals surface area contributed by atoms with Crippen molar-refractivity contribution < 1.29 is 27.5 Å². The van der Waals surface area contributed by atoms with Gasteiger partial charge in [-0.2, -0.15) is 13.2 Å². The van der Waals surface area contributed by atoms with Crippen LogP contribution >= 0.6 is 0 Å². The van der Waals surface area contributed by atoms with Crippen LogP contribution in [0.4, 0.5) is 23.8 Å². The lowest BCUT2D eigenvalue weighted by atomic mass is 10.2. The van der Waals surface area contributed by atoms with Gasteiger partial charge in [0.25, 0.3) is 0 Å². The fourth-order valence-corrected chi connectivity index (χ4v) is 2.47. The summed E-state index contributed by atoms with van der Waals surface area (Å²) in [6.07, 6.45) is -5.27. The van der Waals surface area contributed by atoms with Gasteiger partial charge in [0.2, 0.25) is 11.7 Å². The van der Waals surface area contributed by atoms with Gasteiger partial charge in [0, 0.05) is 27.1 Å². The van der Waals surface area contributed by atoms with Crippen molar-refractivity contribution in [3.05, 3.63) is 11.5 Å². The third kappa shape index (κ3) is 4.05. The fraction of sp³-hybridized carbons (Fsp3) is 0.667. The molecule has 0 radical (unpaired) electrons. The third-order valence-electron chi connectivity index (χ3n) is 3.68. The number of rotatable bonds is 1. The molecule has 0 aliphatic carbocycles. The Morgan fingerprint density at radius 3 is 2.28 bits per heavy atom. The van der Waals surface area contributed by atoms with Gasteiger partial charge < -0.3 is 14.2 Å². The van der Waals surface area contributed by atoms with Crippen molar-refractivity contribution in [2.24, 2.45) is 0 Å². The normalized spacial score (nSPS) is 15.0. The van der Waals surface area contributed by atoms with E-state index >= 15 is 0 Å². The van der Waals surface area contributed by atoms with Gasteiger partial charge in [-0.15, -0.1) is 0 Å². The monoisotopic (exact) mass is 362 g/mol. The molecular weight excluding hydrogens is 341 g/mol. The number of alkyl halides is 3. The molecule has 2 amide bonds. The van der Waals surface area contributed by atoms with Gasteiger partial charge in [0.1, 0.15) is 5.60 Å². The Bertz CT molecular complexity index is 691. The van der Waals surface area contributed by atoms with Gasteiger partial charge in [-0.1, -0.05) is 0 Å². The summed E-state index contributed by atoms with van der Waals surface area (Å²) in [6, 6.07) is 0. The molecule has 10 heteroatoms. The lowest BCUT2D eigenvalue weighted by molar-refractivity contribution is -0.147. The van der Waals surface area contributed by atoms with Crippen molar-refractivity contribution in [1.29, 1.82) is 0 Å². The maximum absolute atomic E-state index is 13.2. The van der Waals surface area contributed by atoms with Gasteiger partial charge in [-0.3, -0.25) is 9.69 Å². The largest absolute Gasteiger partial charge is 0.449 e. The molecule has 0 unspecified atom stereocenters. The highest BCUT2D eigenvalue weighted by Gasteiger charge is 2.41. The second-order valence-electron chi connectivity index (χ2n) is 6.84. The van der Waals surface area contributed by atoms with Crippen molar-refractivity contribution in [2.45, 2.75) is 52.6 Å². The molecule has 1 aromatic rings. The number of halogens is 3. The van der Waals surface area contributed by atoms with Crippen molar-refractivity contribution >= 4 is 17.8 Å². The topological polar surface area (TPSA) is 67.7 Å². The fourth-order valence-electron chi connectivity index (χ4n) is 2.47. The number of ether oxygens (including phenoxy) is 1. The summed E-state index contributed by atoms with van der Waals surface area (Å²) < 4.78 is 46.0. The van der Waals surface area contributed by atoms with Crippen LogP contribution in [0.2, 0.25) is 0 Å². The smallest absolute Gasteiger partial charge is 0.444 e. The van der Waals surface area contributed by atoms with Gasteiger partial charge in [0.15, 0.2) is 5.82 Å². The molecule has 0 saturated carbocycles. The Morgan fingerprint density at radius 1 is 1.20 bits per heavy atom. The van der Waals surface area contributed by atoms with E-state index in [9.17, 15) is 22.8 Å². The lowest BCUT2D eigenvalue weighted by Gasteiger charge is -2.32. The van der Waals surface area contributed by atoms with E-state index in [1.165, 1.54) is 18.9 Å². The van der Waals surface area contributed by atoms with Gasteiger partial charge >= 0.3 is 12.3 Å². The Kier molecular flexibility index (Phi) is 4.75. The quantitative estimate of drug-likeness (QED) is 0.770. The van der Waals surface area contributed by atoms with Crippen molar-refractivity contribution in [3.8, 4) is 0 Å². The van der Waals surface area contributed by atoms with E-state index in [0.29, 0.717) is 0 Å². The zero-order valence-electron chi connectivity index (χ0n) is 14.8. The maximum atomic E-state index is 13.2. The second-order valence-corrected chi connectivity index (χ2v) is 6.84. The first kappa shape index (κ1) is 19.1. The lowest BCUT2D eigenvalue weighted by Crippen LogP contribution is -2.42. The molecule has 1 aliphatic rings. The molecule has 0 bridgehead atoms. The van der Waals surface area contributed by atoms with Crippen LogP contribution < -0.4 is 4.90 Å². The van der Waals surface area contributed by atoms with Crippen molar-refractivity contribution in [2.75, 3.05) is 18.5 Å². The predicted molar refractivity (Wildman–Crippen MR) is 83.0 cm³/mol. The number of amides is 2. The Labute approximate surface area is 143 Å². The van der Waals surface area contributed by atoms with Gasteiger partial charge in [0.05, 0.1) is 12.2 Å². The first-order valence-electron chi connectivity index (χ1n) is 7.70. The van der Waals surface area contributed by atoms with Crippen LogP contribution in [-0.4, -0.2) is 45.6 Å². The van der Waals surface area contributed by atoms with E-state index < -0.39 is 29.6 Å². The van der Waals surface area contributed by atoms with Crippen LogP contribution in [0.5, 0.6) is 0 Å². The minimum absolute atomic E-state index is 0.0601. The Hall–Kier alpha value is -2.26. The van der Waals surface area contributed by atoms with Crippen LogP contribution in [0, 0.1) is 0 Å². The van der Waals surface area contributed by atoms with E-state index in [1.54, 1.807) is 20.8 Å². The number of carbonyl (C=O) groups is 2. The first-order valence-corrected chi connectivity index (χ1v) is 7.70. The number of hydrogen-bond acceptors (Lipinski definition) is 4. The summed E-state index contributed by atoms with van der Waals surface area (Å²) in [5.41, 5.74) is -0.563. The molecule has 2 heterocycles. The van der Waals surface area contributed by atoms with Gasteiger partial charge in [-0.25, -0.2) is 9.78 Å². The Balaban J connectivity index is 2.41. The third-order valence-corrected chi connectivity index (χ3v) is 3.68. The average Bonchev–Trinajstić information content (AvgIpc) is 2.83. The van der Waals surface area contributed by atoms with Crippen LogP contribution in [-0.2, 0) is 28.8 Å². The number of carbonyl (C=O) groups excluding carboxylic acids is 2. The summed E-state index contributed by atoms with van der Waals surface area (Å²) >= 11 is 0. The summed E-state index contributed by atoms with van der Waals surface area (Å²) in [5, 5.41) is 0. The maximum Gasteiger partial charge on any atom is 0.449 e. The molecule has 1 aromatic heterocycles. The first-order chi connectivity index (χ1) is 11.3. The second kappa shape index (κ2) is 6.23. The molecule has 140 valence electrons. The number of fused-ring (bicyclic) bond motifs is 1. The average molecular weight is 362 g/mol. The molecule has 1 aliphatic heterocycles. The number of imidazole rings is 1. The summed E-state index contributed by atoms with van der Waals surface area (Å²) in [6.45, 7) is 6.20. The minimum atomic E-state index is -4.65. The van der Waals surface area contributed by atoms with E-state index in [0.717, 1.165) is 9.47 Å². The molecule has 0 atom stereocenters. The van der Waals surface area contributed by atoms with Crippen molar-refractivity contribution in [1.82, 2.24) is 14.5 Å². The van der Waals surface area contributed by atoms with Crippen LogP contribution in [0.3, 0.4) is 0 Å². The highest BCUT2D eigenvalue weighted by Crippen LogP contribution is 2.35. The summed E-state index contributed by atoms with van der Waals surface area (Å²) in [7, 11) is 1.35. The molecule has 0 fully saturated rings. The number of hydrogen-bond donors (Lipinski definition) is 0. The van der Waals surface area contributed by atoms with Gasteiger partial charge in [-0.05, 0) is 20.8 Å². The van der Waals surface area contributed by atoms with Crippen molar-refractivity contribution in [3.63, 3.8) is 0 Å². The molecule has 2 rings (SSSR count). The number of aromatic nitrogens is 2. The molecule has 0 spiro atoms. The highest BCUT2D eigenvalue weighted by molar-refractivity contribution is 5.90. The predicted octanol–water partition coefficient (Wildman–Crippen LogP) is 2.64. The molecular formula is C15H21F3N4O3. The molecule has 7 nitrogen and oxygen atoms in total. The van der Waals surface area contributed by atoms with E-state index in [2.05, 4.69) is 4.98 Å². The highest BCUT2D eigenvalue weighted by atomic mass is 19.4. The number of nitrogens with zero attached hydrogens (tertiary/aromatic N) is 4. The number of anilines is 1. The van der Waals surface area contributed by atoms with E-state index in [-0.39, 0.29) is 31.1 Å². The molecule has 25 heavy (non-hydrogen) atoms.